The number of carbonyl (C=O) groups excluding carboxylic acids is 2. The molecule has 29 heavy (non-hydrogen) atoms. The zero-order valence-electron chi connectivity index (χ0n) is 15.5. The highest BCUT2D eigenvalue weighted by molar-refractivity contribution is 7.80. The molecule has 0 spiro atoms. The van der Waals surface area contributed by atoms with Crippen molar-refractivity contribution in [1.29, 1.82) is 5.26 Å². The van der Waals surface area contributed by atoms with Crippen LogP contribution >= 0.6 is 12.2 Å². The molecule has 0 unspecified atom stereocenters. The Morgan fingerprint density at radius 2 is 1.97 bits per heavy atom. The van der Waals surface area contributed by atoms with Crippen LogP contribution in [0.5, 0.6) is 0 Å². The third kappa shape index (κ3) is 3.30. The number of aryl methyl sites for hydroxylation is 1. The molecule has 1 aliphatic rings. The number of para-hydroxylation sites is 1. The molecule has 1 N–H and O–H groups in total. The molecule has 142 valence electrons. The molecule has 1 fully saturated rings. The zero-order valence-corrected chi connectivity index (χ0v) is 16.4. The highest BCUT2D eigenvalue weighted by Gasteiger charge is 2.34. The largest absolute Gasteiger partial charge is 0.333 e. The second-order valence-electron chi connectivity index (χ2n) is 6.68. The van der Waals surface area contributed by atoms with Gasteiger partial charge in [-0.25, -0.2) is 0 Å². The topological polar surface area (TPSA) is 78.1 Å². The van der Waals surface area contributed by atoms with E-state index >= 15 is 0 Å². The minimum Gasteiger partial charge on any atom is -0.333 e. The van der Waals surface area contributed by atoms with Crippen LogP contribution in [0.1, 0.15) is 11.1 Å². The first-order valence-corrected chi connectivity index (χ1v) is 9.33. The molecule has 6 nitrogen and oxygen atoms in total. The number of hydrogen-bond acceptors (Lipinski definition) is 4. The van der Waals surface area contributed by atoms with Gasteiger partial charge in [-0.15, -0.1) is 0 Å². The molecule has 0 bridgehead atoms. The van der Waals surface area contributed by atoms with E-state index in [1.54, 1.807) is 22.9 Å². The minimum atomic E-state index is -0.541. The molecule has 2 heterocycles. The van der Waals surface area contributed by atoms with E-state index in [2.05, 4.69) is 11.4 Å². The van der Waals surface area contributed by atoms with E-state index in [-0.39, 0.29) is 17.2 Å². The Kier molecular flexibility index (Phi) is 4.71. The fourth-order valence-electron chi connectivity index (χ4n) is 3.41. The Morgan fingerprint density at radius 3 is 2.72 bits per heavy atom. The van der Waals surface area contributed by atoms with E-state index in [0.717, 1.165) is 16.5 Å². The van der Waals surface area contributed by atoms with E-state index in [4.69, 9.17) is 17.5 Å². The first-order chi connectivity index (χ1) is 14.0. The molecule has 0 saturated carbocycles. The zero-order chi connectivity index (χ0) is 20.5. The number of benzene rings is 2. The van der Waals surface area contributed by atoms with E-state index in [1.807, 2.05) is 49.4 Å². The SMILES string of the molecule is Cc1cccc(N2C(=O)C(=Cc3cn(CC#N)c4ccccc34)C(=O)NC2=S)c1. The molecule has 0 atom stereocenters. The van der Waals surface area contributed by atoms with Gasteiger partial charge in [0.25, 0.3) is 11.8 Å². The summed E-state index contributed by atoms with van der Waals surface area (Å²) in [5, 5.41) is 12.6. The molecule has 1 aromatic heterocycles. The maximum absolute atomic E-state index is 13.2. The van der Waals surface area contributed by atoms with Crippen molar-refractivity contribution in [3.63, 3.8) is 0 Å². The van der Waals surface area contributed by atoms with Gasteiger partial charge in [-0.3, -0.25) is 19.8 Å². The van der Waals surface area contributed by atoms with Gasteiger partial charge >= 0.3 is 0 Å². The molecular weight excluding hydrogens is 384 g/mol. The quantitative estimate of drug-likeness (QED) is 0.416. The Hall–Kier alpha value is -3.76. The maximum Gasteiger partial charge on any atom is 0.270 e. The number of amides is 2. The predicted molar refractivity (Wildman–Crippen MR) is 115 cm³/mol. The summed E-state index contributed by atoms with van der Waals surface area (Å²) in [6.45, 7) is 2.09. The van der Waals surface area contributed by atoms with Gasteiger partial charge in [0, 0.05) is 22.7 Å². The lowest BCUT2D eigenvalue weighted by molar-refractivity contribution is -0.122. The third-order valence-electron chi connectivity index (χ3n) is 4.72. The number of thiocarbonyl (C=S) groups is 1. The third-order valence-corrected chi connectivity index (χ3v) is 5.01. The maximum atomic E-state index is 13.2. The second-order valence-corrected chi connectivity index (χ2v) is 7.07. The van der Waals surface area contributed by atoms with Crippen LogP contribution in [0.4, 0.5) is 5.69 Å². The van der Waals surface area contributed by atoms with Crippen LogP contribution in [-0.2, 0) is 16.1 Å². The fourth-order valence-corrected chi connectivity index (χ4v) is 3.69. The average molecular weight is 400 g/mol. The molecule has 0 aliphatic carbocycles. The van der Waals surface area contributed by atoms with Crippen LogP contribution in [0.3, 0.4) is 0 Å². The summed E-state index contributed by atoms with van der Waals surface area (Å²) in [6, 6.07) is 17.0. The number of hydrogen-bond donors (Lipinski definition) is 1. The van der Waals surface area contributed by atoms with Gasteiger partial charge in [-0.05, 0) is 49.0 Å². The summed E-state index contributed by atoms with van der Waals surface area (Å²) in [7, 11) is 0. The van der Waals surface area contributed by atoms with Crippen molar-refractivity contribution < 1.29 is 9.59 Å². The van der Waals surface area contributed by atoms with Gasteiger partial charge < -0.3 is 4.57 Å². The highest BCUT2D eigenvalue weighted by Crippen LogP contribution is 2.27. The molecule has 2 amide bonds. The van der Waals surface area contributed by atoms with Crippen LogP contribution in [0.25, 0.3) is 17.0 Å². The van der Waals surface area contributed by atoms with Crippen LogP contribution in [0.2, 0.25) is 0 Å². The molecular formula is C22H16N4O2S. The minimum absolute atomic E-state index is 0.0139. The number of carbonyl (C=O) groups is 2. The second kappa shape index (κ2) is 7.34. The molecule has 0 radical (unpaired) electrons. The smallest absolute Gasteiger partial charge is 0.270 e. The van der Waals surface area contributed by atoms with Crippen molar-refractivity contribution in [3.8, 4) is 6.07 Å². The van der Waals surface area contributed by atoms with Gasteiger partial charge in [-0.2, -0.15) is 5.26 Å². The van der Waals surface area contributed by atoms with Crippen LogP contribution in [-0.4, -0.2) is 21.5 Å². The van der Waals surface area contributed by atoms with E-state index in [1.165, 1.54) is 4.90 Å². The summed E-state index contributed by atoms with van der Waals surface area (Å²) in [6.07, 6.45) is 3.32. The summed E-state index contributed by atoms with van der Waals surface area (Å²) < 4.78 is 1.79. The standard InChI is InChI=1S/C22H16N4O2S/c1-14-5-4-6-16(11-14)26-21(28)18(20(27)24-22(26)29)12-15-13-25(10-9-23)19-8-3-2-7-17(15)19/h2-8,11-13H,10H2,1H3,(H,24,27,29). The number of rotatable bonds is 3. The summed E-state index contributed by atoms with van der Waals surface area (Å²) in [4.78, 5) is 27.1. The van der Waals surface area contributed by atoms with Crippen molar-refractivity contribution in [2.75, 3.05) is 4.90 Å². The lowest BCUT2D eigenvalue weighted by atomic mass is 10.1. The molecule has 7 heteroatoms. The average Bonchev–Trinajstić information content (AvgIpc) is 3.03. The van der Waals surface area contributed by atoms with Crippen molar-refractivity contribution in [2.45, 2.75) is 13.5 Å². The van der Waals surface area contributed by atoms with Gasteiger partial charge in [-0.1, -0.05) is 30.3 Å². The number of nitrogens with one attached hydrogen (secondary N) is 1. The Labute approximate surface area is 172 Å². The summed E-state index contributed by atoms with van der Waals surface area (Å²) in [5.41, 5.74) is 3.10. The molecule has 1 aliphatic heterocycles. The number of anilines is 1. The number of nitriles is 1. The fraction of sp³-hybridized carbons (Fsp3) is 0.0909. The molecule has 1 saturated heterocycles. The van der Waals surface area contributed by atoms with Crippen molar-refractivity contribution in [2.24, 2.45) is 0 Å². The van der Waals surface area contributed by atoms with Crippen molar-refractivity contribution >= 4 is 51.8 Å². The normalized spacial score (nSPS) is 15.7. The first-order valence-electron chi connectivity index (χ1n) is 8.92. The Bertz CT molecular complexity index is 1250. The Morgan fingerprint density at radius 1 is 1.17 bits per heavy atom. The molecule has 4 rings (SSSR count). The van der Waals surface area contributed by atoms with Crippen LogP contribution in [0.15, 0.2) is 60.3 Å². The van der Waals surface area contributed by atoms with E-state index in [9.17, 15) is 9.59 Å². The van der Waals surface area contributed by atoms with Gasteiger partial charge in [0.1, 0.15) is 12.1 Å². The van der Waals surface area contributed by atoms with Crippen molar-refractivity contribution in [1.82, 2.24) is 9.88 Å². The lowest BCUT2D eigenvalue weighted by Gasteiger charge is -2.29. The summed E-state index contributed by atoms with van der Waals surface area (Å²) in [5.74, 6) is -1.03. The number of aromatic nitrogens is 1. The molecule has 3 aromatic rings. The van der Waals surface area contributed by atoms with E-state index < -0.39 is 11.8 Å². The number of nitrogens with zero attached hydrogens (tertiary/aromatic N) is 3. The van der Waals surface area contributed by atoms with Crippen molar-refractivity contribution in [3.05, 3.63) is 71.4 Å². The number of fused-ring (bicyclic) bond motifs is 1. The van der Waals surface area contributed by atoms with Gasteiger partial charge in [0.2, 0.25) is 0 Å². The van der Waals surface area contributed by atoms with E-state index in [0.29, 0.717) is 11.3 Å². The van der Waals surface area contributed by atoms with Crippen LogP contribution in [0, 0.1) is 18.3 Å². The predicted octanol–water partition coefficient (Wildman–Crippen LogP) is 3.30. The Balaban J connectivity index is 1.82. The van der Waals surface area contributed by atoms with Gasteiger partial charge in [0.05, 0.1) is 11.8 Å². The summed E-state index contributed by atoms with van der Waals surface area (Å²) >= 11 is 5.25. The highest BCUT2D eigenvalue weighted by atomic mass is 32.1. The first kappa shape index (κ1) is 18.6. The monoisotopic (exact) mass is 400 g/mol. The van der Waals surface area contributed by atoms with Crippen LogP contribution < -0.4 is 10.2 Å². The molecule has 2 aromatic carbocycles. The van der Waals surface area contributed by atoms with Gasteiger partial charge in [0.15, 0.2) is 5.11 Å². The lowest BCUT2D eigenvalue weighted by Crippen LogP contribution is -2.54.